The quantitative estimate of drug-likeness (QED) is 0.0247. The molecule has 2 unspecified atom stereocenters. The van der Waals surface area contributed by atoms with Crippen molar-refractivity contribution in [2.75, 3.05) is 44.8 Å². The highest BCUT2D eigenvalue weighted by Gasteiger charge is 2.21. The fourth-order valence-corrected chi connectivity index (χ4v) is 8.81. The van der Waals surface area contributed by atoms with Gasteiger partial charge in [0.1, 0.15) is 0 Å². The van der Waals surface area contributed by atoms with Gasteiger partial charge in [0.05, 0.1) is 38.6 Å². The molecule has 0 aromatic carbocycles. The van der Waals surface area contributed by atoms with Gasteiger partial charge in [-0.1, -0.05) is 231 Å². The van der Waals surface area contributed by atoms with E-state index in [9.17, 15) is 5.11 Å². The van der Waals surface area contributed by atoms with Gasteiger partial charge in [0.25, 0.3) is 0 Å². The first-order valence-electron chi connectivity index (χ1n) is 25.7. The van der Waals surface area contributed by atoms with Crippen LogP contribution in [-0.2, 0) is 9.47 Å². The summed E-state index contributed by atoms with van der Waals surface area (Å²) in [6.07, 6.45) is 41.1. The molecule has 0 aromatic heterocycles. The van der Waals surface area contributed by atoms with Gasteiger partial charge in [-0.3, -0.25) is 0 Å². The Morgan fingerprint density at radius 1 is 0.603 bits per heavy atom. The Labute approximate surface area is 374 Å². The number of unbranched alkanes of at least 4 members (excludes halogenated alkanes) is 3. The summed E-state index contributed by atoms with van der Waals surface area (Å²) in [7, 11) is 0. The molecule has 0 saturated carbocycles. The van der Waals surface area contributed by atoms with Crippen LogP contribution in [0, 0.1) is 23.7 Å². The maximum atomic E-state index is 9.84. The number of alkyl halides is 1. The van der Waals surface area contributed by atoms with Gasteiger partial charge in [0.2, 0.25) is 0 Å². The number of halogens is 1. The van der Waals surface area contributed by atoms with Crippen molar-refractivity contribution >= 4 is 15.9 Å². The molecule has 0 amide bonds. The molecule has 0 aromatic rings. The average Bonchev–Trinajstić information content (AvgIpc) is 4.04. The highest BCUT2D eigenvalue weighted by molar-refractivity contribution is 9.09. The molecule has 6 heteroatoms. The second kappa shape index (κ2) is 53.2. The van der Waals surface area contributed by atoms with Crippen LogP contribution in [0.4, 0.5) is 0 Å². The summed E-state index contributed by atoms with van der Waals surface area (Å²) in [5.74, 6) is 3.83. The molecule has 1 fully saturated rings. The van der Waals surface area contributed by atoms with Gasteiger partial charge >= 0.3 is 0 Å². The molecule has 1 rings (SSSR count). The Morgan fingerprint density at radius 3 is 1.43 bits per heavy atom. The highest BCUT2D eigenvalue weighted by atomic mass is 79.9. The summed E-state index contributed by atoms with van der Waals surface area (Å²) in [6, 6.07) is 0. The van der Waals surface area contributed by atoms with Crippen molar-refractivity contribution in [1.29, 1.82) is 0 Å². The smallest absolute Gasteiger partial charge is 0.0810 e. The molecular formula is C52H108BrNO4. The van der Waals surface area contributed by atoms with E-state index in [2.05, 4.69) is 83.2 Å². The molecule has 3 N–H and O–H groups in total. The van der Waals surface area contributed by atoms with Crippen LogP contribution in [0.15, 0.2) is 12.7 Å². The lowest BCUT2D eigenvalue weighted by molar-refractivity contribution is 0.0317. The van der Waals surface area contributed by atoms with Gasteiger partial charge in [-0.2, -0.15) is 0 Å². The lowest BCUT2D eigenvalue weighted by Gasteiger charge is -2.16. The van der Waals surface area contributed by atoms with E-state index >= 15 is 0 Å². The standard InChI is InChI=1S/C16H35NO3.C12H25Br.C12H24O.C12H24/c1-3-6-15(7-4-2)8-5-9-16(19)14-20-13-11-17-10-12-18;1-3-8-12(9-4-2)10-6-5-7-11-13;1-3-6-11(7-4-2)8-5-9-12-10-13-12;1-4-7-8-11-12(9-5-2)10-6-3/h15-19H,3-14H2,1-2H3;12H,3-11H2,1-2H3;11-12H,3-10H2,1-2H3;4,12H,1,5-11H2,2-3H3. The van der Waals surface area contributed by atoms with E-state index < -0.39 is 0 Å². The lowest BCUT2D eigenvalue weighted by atomic mass is 9.92. The fraction of sp³-hybridized carbons (Fsp3) is 0.962. The number of nitrogens with one attached hydrogen (secondary N) is 1. The van der Waals surface area contributed by atoms with Gasteiger partial charge in [0.15, 0.2) is 0 Å². The van der Waals surface area contributed by atoms with Crippen LogP contribution in [0.1, 0.15) is 242 Å². The Morgan fingerprint density at radius 2 is 1.03 bits per heavy atom. The van der Waals surface area contributed by atoms with Gasteiger partial charge in [-0.15, -0.1) is 6.58 Å². The molecule has 58 heavy (non-hydrogen) atoms. The minimum Gasteiger partial charge on any atom is -0.395 e. The first-order chi connectivity index (χ1) is 28.3. The third kappa shape index (κ3) is 50.4. The number of aliphatic hydroxyl groups is 2. The van der Waals surface area contributed by atoms with Gasteiger partial charge < -0.3 is 25.0 Å². The van der Waals surface area contributed by atoms with Crippen LogP contribution in [-0.4, -0.2) is 67.3 Å². The molecule has 352 valence electrons. The van der Waals surface area contributed by atoms with Crippen molar-refractivity contribution in [2.45, 2.75) is 254 Å². The number of ether oxygens (including phenoxy) is 2. The largest absolute Gasteiger partial charge is 0.395 e. The number of allylic oxidation sites excluding steroid dienone is 1. The van der Waals surface area contributed by atoms with Crippen LogP contribution in [0.2, 0.25) is 0 Å². The summed E-state index contributed by atoms with van der Waals surface area (Å²) < 4.78 is 10.6. The highest BCUT2D eigenvalue weighted by Crippen LogP contribution is 2.25. The Bertz CT molecular complexity index is 714. The molecular weight excluding hydrogens is 782 g/mol. The van der Waals surface area contributed by atoms with Crippen molar-refractivity contribution in [3.63, 3.8) is 0 Å². The van der Waals surface area contributed by atoms with Gasteiger partial charge in [-0.25, -0.2) is 0 Å². The molecule has 1 aliphatic heterocycles. The molecule has 1 saturated heterocycles. The molecule has 0 bridgehead atoms. The average molecular weight is 891 g/mol. The van der Waals surface area contributed by atoms with E-state index in [-0.39, 0.29) is 12.7 Å². The maximum absolute atomic E-state index is 9.84. The minimum absolute atomic E-state index is 0.152. The number of aliphatic hydroxyl groups excluding tert-OH is 2. The van der Waals surface area contributed by atoms with Gasteiger partial charge in [0, 0.05) is 18.4 Å². The van der Waals surface area contributed by atoms with Crippen LogP contribution < -0.4 is 5.32 Å². The molecule has 5 nitrogen and oxygen atoms in total. The van der Waals surface area contributed by atoms with E-state index in [1.165, 1.54) is 179 Å². The van der Waals surface area contributed by atoms with E-state index in [4.69, 9.17) is 14.6 Å². The second-order valence-electron chi connectivity index (χ2n) is 17.6. The summed E-state index contributed by atoms with van der Waals surface area (Å²) in [5, 5.41) is 22.6. The zero-order valence-electron chi connectivity index (χ0n) is 40.8. The molecule has 1 heterocycles. The fourth-order valence-electron chi connectivity index (χ4n) is 8.42. The van der Waals surface area contributed by atoms with Crippen LogP contribution in [0.3, 0.4) is 0 Å². The first kappa shape index (κ1) is 62.3. The first-order valence-corrected chi connectivity index (χ1v) is 26.8. The van der Waals surface area contributed by atoms with Crippen molar-refractivity contribution < 1.29 is 19.7 Å². The van der Waals surface area contributed by atoms with Crippen molar-refractivity contribution in [3.8, 4) is 0 Å². The summed E-state index contributed by atoms with van der Waals surface area (Å²) >= 11 is 3.48. The molecule has 0 spiro atoms. The number of rotatable bonds is 40. The normalized spacial score (nSPS) is 13.9. The molecule has 1 aliphatic rings. The zero-order chi connectivity index (χ0) is 43.7. The van der Waals surface area contributed by atoms with Crippen molar-refractivity contribution in [3.05, 3.63) is 12.7 Å². The second-order valence-corrected chi connectivity index (χ2v) is 18.3. The van der Waals surface area contributed by atoms with Crippen molar-refractivity contribution in [1.82, 2.24) is 5.32 Å². The van der Waals surface area contributed by atoms with Crippen LogP contribution >= 0.6 is 15.9 Å². The predicted octanol–water partition coefficient (Wildman–Crippen LogP) is 15.8. The lowest BCUT2D eigenvalue weighted by Crippen LogP contribution is -2.25. The summed E-state index contributed by atoms with van der Waals surface area (Å²) in [5.41, 5.74) is 0. The van der Waals surface area contributed by atoms with Crippen LogP contribution in [0.25, 0.3) is 0 Å². The molecule has 0 radical (unpaired) electrons. The van der Waals surface area contributed by atoms with Crippen molar-refractivity contribution in [2.24, 2.45) is 23.7 Å². The predicted molar refractivity (Wildman–Crippen MR) is 264 cm³/mol. The SMILES string of the molecule is C=CCCCC(CCC)CCC.CCCC(CCC)CCCC(O)COCCNCCO.CCCC(CCC)CCCC1CO1.CCCC(CCC)CCCCCBr. The van der Waals surface area contributed by atoms with E-state index in [0.29, 0.717) is 25.9 Å². The molecule has 0 aliphatic carbocycles. The van der Waals surface area contributed by atoms with Crippen LogP contribution in [0.5, 0.6) is 0 Å². The molecule has 2 atom stereocenters. The monoisotopic (exact) mass is 890 g/mol. The Balaban J connectivity index is -0.000000712. The minimum atomic E-state index is -0.336. The maximum Gasteiger partial charge on any atom is 0.0810 e. The third-order valence-electron chi connectivity index (χ3n) is 11.6. The third-order valence-corrected chi connectivity index (χ3v) is 12.1. The van der Waals surface area contributed by atoms with E-state index in [0.717, 1.165) is 49.7 Å². The van der Waals surface area contributed by atoms with E-state index in [1.807, 2.05) is 6.08 Å². The summed E-state index contributed by atoms with van der Waals surface area (Å²) in [4.78, 5) is 0. The summed E-state index contributed by atoms with van der Waals surface area (Å²) in [6.45, 7) is 25.5. The van der Waals surface area contributed by atoms with E-state index in [1.54, 1.807) is 0 Å². The number of epoxide rings is 1. The zero-order valence-corrected chi connectivity index (χ0v) is 42.4. The number of hydrogen-bond acceptors (Lipinski definition) is 5. The topological polar surface area (TPSA) is 74.2 Å². The van der Waals surface area contributed by atoms with Gasteiger partial charge in [-0.05, 0) is 55.8 Å². The Kier molecular flexibility index (Phi) is 57.1. The number of hydrogen-bond donors (Lipinski definition) is 3. The Hall–Kier alpha value is 0.0200.